The zero-order chi connectivity index (χ0) is 14.8. The fraction of sp³-hybridized carbons (Fsp3) is 0.357. The number of carbonyl (C=O) groups excluding carboxylic acids is 1. The summed E-state index contributed by atoms with van der Waals surface area (Å²) in [6, 6.07) is 6.81. The summed E-state index contributed by atoms with van der Waals surface area (Å²) in [6.07, 6.45) is 0. The molecule has 0 radical (unpaired) electrons. The molecule has 21 heavy (non-hydrogen) atoms. The average molecular weight is 287 g/mol. The summed E-state index contributed by atoms with van der Waals surface area (Å²) in [4.78, 5) is 32.7. The number of nitrogens with zero attached hydrogens (tertiary/aromatic N) is 2. The van der Waals surface area contributed by atoms with Crippen LogP contribution in [0.2, 0.25) is 0 Å². The monoisotopic (exact) mass is 287 g/mol. The van der Waals surface area contributed by atoms with E-state index in [0.717, 1.165) is 6.54 Å². The molecule has 1 aromatic heterocycles. The van der Waals surface area contributed by atoms with Crippen LogP contribution < -0.4 is 16.6 Å². The molecule has 1 unspecified atom stereocenters. The number of fused-ring (bicyclic) bond motifs is 1. The van der Waals surface area contributed by atoms with Gasteiger partial charge in [0.15, 0.2) is 0 Å². The first-order valence-corrected chi connectivity index (χ1v) is 6.87. The van der Waals surface area contributed by atoms with Gasteiger partial charge in [0.2, 0.25) is 5.91 Å². The normalized spacial score (nSPS) is 19.7. The molecule has 1 amide bonds. The van der Waals surface area contributed by atoms with E-state index in [0.29, 0.717) is 36.4 Å². The number of para-hydroxylation sites is 1. The summed E-state index contributed by atoms with van der Waals surface area (Å²) in [5.41, 5.74) is 5.91. The van der Waals surface area contributed by atoms with Gasteiger partial charge in [-0.3, -0.25) is 14.5 Å². The number of rotatable bonds is 3. The maximum absolute atomic E-state index is 12.0. The zero-order valence-corrected chi connectivity index (χ0v) is 11.5. The van der Waals surface area contributed by atoms with Crippen molar-refractivity contribution < 1.29 is 4.79 Å². The Morgan fingerprint density at radius 1 is 1.43 bits per heavy atom. The van der Waals surface area contributed by atoms with Crippen LogP contribution in [0.4, 0.5) is 0 Å². The Labute approximate surface area is 121 Å². The van der Waals surface area contributed by atoms with E-state index in [1.54, 1.807) is 18.2 Å². The molecule has 0 aliphatic carbocycles. The van der Waals surface area contributed by atoms with Gasteiger partial charge in [-0.15, -0.1) is 0 Å². The van der Waals surface area contributed by atoms with Crippen LogP contribution in [0.3, 0.4) is 0 Å². The number of carbonyl (C=O) groups is 1. The number of H-pyrrole nitrogens is 1. The Hall–Kier alpha value is -2.25. The fourth-order valence-electron chi connectivity index (χ4n) is 2.62. The molecule has 2 heterocycles. The van der Waals surface area contributed by atoms with Gasteiger partial charge in [-0.25, -0.2) is 4.98 Å². The van der Waals surface area contributed by atoms with Crippen LogP contribution in [0.15, 0.2) is 29.1 Å². The van der Waals surface area contributed by atoms with Crippen molar-refractivity contribution in [2.75, 3.05) is 19.6 Å². The topological polar surface area (TPSA) is 104 Å². The van der Waals surface area contributed by atoms with Gasteiger partial charge in [-0.05, 0) is 12.1 Å². The van der Waals surface area contributed by atoms with Gasteiger partial charge < -0.3 is 16.0 Å². The number of primary amides is 1. The first-order valence-electron chi connectivity index (χ1n) is 6.87. The number of hydrogen-bond acceptors (Lipinski definition) is 5. The summed E-state index contributed by atoms with van der Waals surface area (Å²) < 4.78 is 0. The maximum Gasteiger partial charge on any atom is 0.258 e. The summed E-state index contributed by atoms with van der Waals surface area (Å²) in [5, 5.41) is 3.70. The lowest BCUT2D eigenvalue weighted by Crippen LogP contribution is -2.56. The highest BCUT2D eigenvalue weighted by Gasteiger charge is 2.27. The lowest BCUT2D eigenvalue weighted by molar-refractivity contribution is -0.124. The summed E-state index contributed by atoms with van der Waals surface area (Å²) >= 11 is 0. The van der Waals surface area contributed by atoms with E-state index < -0.39 is 0 Å². The molecular formula is C14H17N5O2. The van der Waals surface area contributed by atoms with Crippen LogP contribution in [0, 0.1) is 0 Å². The van der Waals surface area contributed by atoms with E-state index in [1.807, 2.05) is 11.0 Å². The van der Waals surface area contributed by atoms with Crippen LogP contribution in [0.5, 0.6) is 0 Å². The maximum atomic E-state index is 12.0. The second kappa shape index (κ2) is 5.63. The molecule has 1 aromatic carbocycles. The molecule has 1 aliphatic heterocycles. The minimum absolute atomic E-state index is 0.165. The molecule has 3 rings (SSSR count). The third-order valence-electron chi connectivity index (χ3n) is 3.70. The van der Waals surface area contributed by atoms with Crippen molar-refractivity contribution >= 4 is 16.8 Å². The molecule has 0 saturated carbocycles. The standard InChI is InChI=1S/C14H17N5O2/c15-13(20)11-7-16-5-6-19(11)8-12-17-10-4-2-1-3-9(10)14(21)18-12/h1-4,11,16H,5-8H2,(H2,15,20)(H,17,18,21). The average Bonchev–Trinajstić information content (AvgIpc) is 2.47. The number of aromatic amines is 1. The first-order chi connectivity index (χ1) is 10.1. The Morgan fingerprint density at radius 2 is 2.24 bits per heavy atom. The van der Waals surface area contributed by atoms with Gasteiger partial charge in [-0.2, -0.15) is 0 Å². The number of piperazine rings is 1. The summed E-state index contributed by atoms with van der Waals surface area (Å²) in [5.74, 6) is 0.178. The van der Waals surface area contributed by atoms with Crippen molar-refractivity contribution in [1.82, 2.24) is 20.2 Å². The molecule has 1 atom stereocenters. The van der Waals surface area contributed by atoms with E-state index in [1.165, 1.54) is 0 Å². The third-order valence-corrected chi connectivity index (χ3v) is 3.70. The number of hydrogen-bond donors (Lipinski definition) is 3. The van der Waals surface area contributed by atoms with Gasteiger partial charge >= 0.3 is 0 Å². The molecule has 1 fully saturated rings. The molecule has 7 heteroatoms. The number of amides is 1. The van der Waals surface area contributed by atoms with E-state index in [-0.39, 0.29) is 17.5 Å². The molecule has 1 saturated heterocycles. The molecule has 2 aromatic rings. The number of nitrogens with one attached hydrogen (secondary N) is 2. The second-order valence-electron chi connectivity index (χ2n) is 5.12. The Morgan fingerprint density at radius 3 is 3.05 bits per heavy atom. The molecule has 4 N–H and O–H groups in total. The Bertz CT molecular complexity index is 727. The molecular weight excluding hydrogens is 270 g/mol. The largest absolute Gasteiger partial charge is 0.368 e. The lowest BCUT2D eigenvalue weighted by atomic mass is 10.2. The van der Waals surface area contributed by atoms with Crippen LogP contribution in [-0.2, 0) is 11.3 Å². The van der Waals surface area contributed by atoms with Crippen LogP contribution in [0.1, 0.15) is 5.82 Å². The van der Waals surface area contributed by atoms with Gasteiger partial charge in [0.1, 0.15) is 11.9 Å². The molecule has 110 valence electrons. The zero-order valence-electron chi connectivity index (χ0n) is 11.5. The van der Waals surface area contributed by atoms with Gasteiger partial charge in [0.25, 0.3) is 5.56 Å². The van der Waals surface area contributed by atoms with Crippen molar-refractivity contribution in [3.8, 4) is 0 Å². The van der Waals surface area contributed by atoms with E-state index in [2.05, 4.69) is 15.3 Å². The van der Waals surface area contributed by atoms with Crippen molar-refractivity contribution in [1.29, 1.82) is 0 Å². The lowest BCUT2D eigenvalue weighted by Gasteiger charge is -2.33. The summed E-state index contributed by atoms with van der Waals surface area (Å²) in [6.45, 7) is 2.38. The first kappa shape index (κ1) is 13.7. The summed E-state index contributed by atoms with van der Waals surface area (Å²) in [7, 11) is 0. The quantitative estimate of drug-likeness (QED) is 0.684. The number of benzene rings is 1. The van der Waals surface area contributed by atoms with E-state index in [9.17, 15) is 9.59 Å². The van der Waals surface area contributed by atoms with E-state index in [4.69, 9.17) is 5.73 Å². The van der Waals surface area contributed by atoms with Crippen molar-refractivity contribution in [2.24, 2.45) is 5.73 Å². The SMILES string of the molecule is NC(=O)C1CNCCN1Cc1nc2ccccc2c(=O)[nH]1. The van der Waals surface area contributed by atoms with Crippen molar-refractivity contribution in [2.45, 2.75) is 12.6 Å². The van der Waals surface area contributed by atoms with Crippen LogP contribution >= 0.6 is 0 Å². The Balaban J connectivity index is 1.90. The van der Waals surface area contributed by atoms with Crippen LogP contribution in [-0.4, -0.2) is 46.5 Å². The smallest absolute Gasteiger partial charge is 0.258 e. The minimum Gasteiger partial charge on any atom is -0.368 e. The number of aromatic nitrogens is 2. The van der Waals surface area contributed by atoms with Crippen molar-refractivity contribution in [3.63, 3.8) is 0 Å². The molecule has 0 spiro atoms. The minimum atomic E-state index is -0.379. The fourth-order valence-corrected chi connectivity index (χ4v) is 2.62. The van der Waals surface area contributed by atoms with Crippen molar-refractivity contribution in [3.05, 3.63) is 40.4 Å². The predicted molar refractivity (Wildman–Crippen MR) is 78.6 cm³/mol. The highest BCUT2D eigenvalue weighted by atomic mass is 16.1. The highest BCUT2D eigenvalue weighted by molar-refractivity contribution is 5.80. The second-order valence-corrected chi connectivity index (χ2v) is 5.12. The van der Waals surface area contributed by atoms with Gasteiger partial charge in [0, 0.05) is 19.6 Å². The molecule has 0 bridgehead atoms. The van der Waals surface area contributed by atoms with E-state index >= 15 is 0 Å². The predicted octanol–water partition coefficient (Wildman–Crippen LogP) is -0.818. The van der Waals surface area contributed by atoms with Gasteiger partial charge in [0.05, 0.1) is 17.4 Å². The molecule has 7 nitrogen and oxygen atoms in total. The molecule has 1 aliphatic rings. The van der Waals surface area contributed by atoms with Crippen LogP contribution in [0.25, 0.3) is 10.9 Å². The third kappa shape index (κ3) is 2.79. The highest BCUT2D eigenvalue weighted by Crippen LogP contribution is 2.10. The Kier molecular flexibility index (Phi) is 3.68. The van der Waals surface area contributed by atoms with Gasteiger partial charge in [-0.1, -0.05) is 12.1 Å². The number of nitrogens with two attached hydrogens (primary N) is 1.